The number of carboxylic acids is 5. The van der Waals surface area contributed by atoms with Gasteiger partial charge in [-0.25, -0.2) is 4.79 Å². The minimum Gasteiger partial charge on any atom is -0.481 e. The molecule has 0 radical (unpaired) electrons. The molecule has 14 nitrogen and oxygen atoms in total. The third-order valence-electron chi connectivity index (χ3n) is 9.70. The highest BCUT2D eigenvalue weighted by atomic mass is 16.4. The van der Waals surface area contributed by atoms with Crippen molar-refractivity contribution in [1.82, 2.24) is 0 Å². The lowest BCUT2D eigenvalue weighted by Gasteiger charge is -2.18. The number of rotatable bonds is 39. The number of aliphatic carboxylic acids is 5. The van der Waals surface area contributed by atoms with Crippen molar-refractivity contribution in [2.24, 2.45) is 0 Å². The molecule has 0 aromatic heterocycles. The zero-order chi connectivity index (χ0) is 45.4. The first-order valence-corrected chi connectivity index (χ1v) is 22.9. The molecule has 0 rings (SSSR count). The van der Waals surface area contributed by atoms with Crippen molar-refractivity contribution in [2.75, 3.05) is 13.2 Å². The number of carbonyl (C=O) groups is 5. The molecule has 59 heavy (non-hydrogen) atoms. The summed E-state index contributed by atoms with van der Waals surface area (Å²) in [5, 5.41) is 74.9. The summed E-state index contributed by atoms with van der Waals surface area (Å²) in [7, 11) is 0. The van der Waals surface area contributed by atoms with Gasteiger partial charge in [-0.15, -0.1) is 0 Å². The SMILES string of the molecule is CCCCCCCCCCCCCCCCCC(=O)O.CCCCCCCCCCCCCCCCCC(=O)O.O=C(O)CC(O)(CC(=O)O)C(=O)O.OCC(O)CO. The minimum atomic E-state index is -2.74. The largest absolute Gasteiger partial charge is 0.481 e. The van der Waals surface area contributed by atoms with Gasteiger partial charge in [-0.05, 0) is 12.8 Å². The molecule has 0 aliphatic carbocycles. The summed E-state index contributed by atoms with van der Waals surface area (Å²) in [6.07, 6.45) is 37.2. The molecule has 352 valence electrons. The molecule has 0 aliphatic heterocycles. The van der Waals surface area contributed by atoms with E-state index in [0.717, 1.165) is 25.7 Å². The van der Waals surface area contributed by atoms with Gasteiger partial charge in [0.15, 0.2) is 5.60 Å². The van der Waals surface area contributed by atoms with Crippen LogP contribution >= 0.6 is 0 Å². The van der Waals surface area contributed by atoms with Crippen LogP contribution in [0.15, 0.2) is 0 Å². The highest BCUT2D eigenvalue weighted by Crippen LogP contribution is 2.17. The van der Waals surface area contributed by atoms with Crippen LogP contribution in [0.2, 0.25) is 0 Å². The summed E-state index contributed by atoms with van der Waals surface area (Å²) in [4.78, 5) is 51.2. The first-order chi connectivity index (χ1) is 28.1. The molecule has 0 atom stereocenters. The van der Waals surface area contributed by atoms with E-state index in [1.165, 1.54) is 167 Å². The zero-order valence-corrected chi connectivity index (χ0v) is 37.1. The maximum Gasteiger partial charge on any atom is 0.336 e. The van der Waals surface area contributed by atoms with Crippen molar-refractivity contribution in [1.29, 1.82) is 0 Å². The Labute approximate surface area is 356 Å². The molecule has 9 N–H and O–H groups in total. The van der Waals surface area contributed by atoms with E-state index in [1.807, 2.05) is 0 Å². The van der Waals surface area contributed by atoms with Crippen molar-refractivity contribution in [2.45, 2.75) is 244 Å². The molecular weight excluding hydrogens is 764 g/mol. The third-order valence-corrected chi connectivity index (χ3v) is 9.70. The van der Waals surface area contributed by atoms with E-state index >= 15 is 0 Å². The van der Waals surface area contributed by atoms with Gasteiger partial charge in [-0.1, -0.05) is 194 Å². The second kappa shape index (κ2) is 49.6. The van der Waals surface area contributed by atoms with E-state index in [2.05, 4.69) is 13.8 Å². The average Bonchev–Trinajstić information content (AvgIpc) is 3.17. The highest BCUT2D eigenvalue weighted by Gasteiger charge is 2.40. The third kappa shape index (κ3) is 59.6. The topological polar surface area (TPSA) is 267 Å². The van der Waals surface area contributed by atoms with Crippen LogP contribution in [0, 0.1) is 0 Å². The Balaban J connectivity index is -0.000000366. The molecule has 0 bridgehead atoms. The van der Waals surface area contributed by atoms with E-state index in [-0.39, 0.29) is 13.2 Å². The van der Waals surface area contributed by atoms with Crippen LogP contribution < -0.4 is 0 Å². The van der Waals surface area contributed by atoms with Crippen molar-refractivity contribution >= 4 is 29.8 Å². The molecule has 0 saturated carbocycles. The zero-order valence-electron chi connectivity index (χ0n) is 37.1. The van der Waals surface area contributed by atoms with Crippen LogP contribution in [0.3, 0.4) is 0 Å². The van der Waals surface area contributed by atoms with Crippen LogP contribution in [0.25, 0.3) is 0 Å². The lowest BCUT2D eigenvalue weighted by atomic mass is 9.96. The molecule has 14 heteroatoms. The minimum absolute atomic E-state index is 0.345. The van der Waals surface area contributed by atoms with E-state index < -0.39 is 54.4 Å². The fourth-order valence-electron chi connectivity index (χ4n) is 6.07. The molecule has 0 aliphatic rings. The average molecular weight is 853 g/mol. The highest BCUT2D eigenvalue weighted by molar-refractivity contribution is 5.88. The number of hydrogen-bond acceptors (Lipinski definition) is 9. The Morgan fingerprint density at radius 2 is 0.576 bits per heavy atom. The lowest BCUT2D eigenvalue weighted by molar-refractivity contribution is -0.170. The maximum absolute atomic E-state index is 10.3. The van der Waals surface area contributed by atoms with Crippen molar-refractivity contribution in [3.05, 3.63) is 0 Å². The van der Waals surface area contributed by atoms with Gasteiger partial charge in [0, 0.05) is 12.8 Å². The van der Waals surface area contributed by atoms with Gasteiger partial charge in [0.1, 0.15) is 6.10 Å². The maximum atomic E-state index is 10.3. The summed E-state index contributed by atoms with van der Waals surface area (Å²) in [6.45, 7) is 3.81. The normalized spacial score (nSPS) is 10.8. The van der Waals surface area contributed by atoms with Gasteiger partial charge in [0.05, 0.1) is 26.1 Å². The van der Waals surface area contributed by atoms with Crippen LogP contribution in [0.4, 0.5) is 0 Å². The molecule has 0 saturated heterocycles. The number of carboxylic acid groups (broad SMARTS) is 5. The number of aliphatic hydroxyl groups is 4. The predicted molar refractivity (Wildman–Crippen MR) is 232 cm³/mol. The smallest absolute Gasteiger partial charge is 0.336 e. The number of aliphatic hydroxyl groups excluding tert-OH is 3. The summed E-state index contributed by atoms with van der Waals surface area (Å²) >= 11 is 0. The monoisotopic (exact) mass is 853 g/mol. The molecule has 0 heterocycles. The first-order valence-electron chi connectivity index (χ1n) is 22.9. The van der Waals surface area contributed by atoms with Crippen LogP contribution in [0.5, 0.6) is 0 Å². The Hall–Kier alpha value is -2.81. The van der Waals surface area contributed by atoms with E-state index in [9.17, 15) is 24.0 Å². The van der Waals surface area contributed by atoms with Crippen LogP contribution in [-0.2, 0) is 24.0 Å². The van der Waals surface area contributed by atoms with E-state index in [1.54, 1.807) is 0 Å². The van der Waals surface area contributed by atoms with Gasteiger partial charge in [-0.3, -0.25) is 19.2 Å². The van der Waals surface area contributed by atoms with E-state index in [4.69, 9.17) is 46.0 Å². The molecule has 0 aromatic carbocycles. The second-order valence-electron chi connectivity index (χ2n) is 15.7. The Bertz CT molecular complexity index is 895. The predicted octanol–water partition coefficient (Wildman–Crippen LogP) is 9.75. The molecule has 0 spiro atoms. The molecule has 0 amide bonds. The first kappa shape index (κ1) is 62.8. The van der Waals surface area contributed by atoms with Gasteiger partial charge < -0.3 is 46.0 Å². The fraction of sp³-hybridized carbons (Fsp3) is 0.889. The van der Waals surface area contributed by atoms with Crippen LogP contribution in [-0.4, -0.2) is 101 Å². The van der Waals surface area contributed by atoms with Crippen LogP contribution in [0.1, 0.15) is 232 Å². The summed E-state index contributed by atoms with van der Waals surface area (Å²) in [5.74, 6) is -6.33. The quantitative estimate of drug-likeness (QED) is 0.0261. The number of unbranched alkanes of at least 4 members (excludes halogenated alkanes) is 28. The molecule has 0 unspecified atom stereocenters. The van der Waals surface area contributed by atoms with Gasteiger partial charge in [0.2, 0.25) is 0 Å². The second-order valence-corrected chi connectivity index (χ2v) is 15.7. The summed E-state index contributed by atoms with van der Waals surface area (Å²) in [6, 6.07) is 0. The fourth-order valence-corrected chi connectivity index (χ4v) is 6.07. The Kier molecular flexibility index (Phi) is 52.8. The Morgan fingerprint density at radius 1 is 0.373 bits per heavy atom. The molecule has 0 aromatic rings. The lowest BCUT2D eigenvalue weighted by Crippen LogP contribution is -2.42. The standard InChI is InChI=1S/2C18H36O2.C6H8O7.C3H8O3/c2*1-2-3-4-5-6-7-8-9-10-11-12-13-14-15-16-17-18(19)20;7-3(8)1-6(13,5(11)12)2-4(9)10;4-1-3(6)2-5/h2*2-17H2,1H3,(H,19,20);13H,1-2H2,(H,7,8)(H,9,10)(H,11,12);3-6H,1-2H2. The summed E-state index contributed by atoms with van der Waals surface area (Å²) in [5.41, 5.74) is -2.74. The molecule has 0 fully saturated rings. The number of hydrogen-bond donors (Lipinski definition) is 9. The van der Waals surface area contributed by atoms with E-state index in [0.29, 0.717) is 12.8 Å². The molecular formula is C45H88O14. The van der Waals surface area contributed by atoms with Crippen molar-refractivity contribution in [3.8, 4) is 0 Å². The summed E-state index contributed by atoms with van der Waals surface area (Å²) < 4.78 is 0. The van der Waals surface area contributed by atoms with Gasteiger partial charge >= 0.3 is 29.8 Å². The van der Waals surface area contributed by atoms with Gasteiger partial charge in [-0.2, -0.15) is 0 Å². The Morgan fingerprint density at radius 3 is 0.712 bits per heavy atom. The van der Waals surface area contributed by atoms with Gasteiger partial charge in [0.25, 0.3) is 0 Å². The van der Waals surface area contributed by atoms with Crippen molar-refractivity contribution in [3.63, 3.8) is 0 Å². The van der Waals surface area contributed by atoms with Crippen molar-refractivity contribution < 1.29 is 69.9 Å².